The maximum Gasteiger partial charge on any atom is 0.227 e. The highest BCUT2D eigenvalue weighted by Crippen LogP contribution is 2.15. The number of carbonyl (C=O) groups excluding carboxylic acids is 3. The van der Waals surface area contributed by atoms with Crippen molar-refractivity contribution >= 4 is 23.4 Å². The van der Waals surface area contributed by atoms with Crippen LogP contribution in [0.4, 0.5) is 5.69 Å². The maximum absolute atomic E-state index is 12.6. The summed E-state index contributed by atoms with van der Waals surface area (Å²) in [5.74, 6) is 0.855. The van der Waals surface area contributed by atoms with Gasteiger partial charge in [0.05, 0.1) is 13.5 Å². The molecule has 3 amide bonds. The monoisotopic (exact) mass is 423 g/mol. The number of nitrogens with one attached hydrogen (secondary N) is 1. The van der Waals surface area contributed by atoms with Crippen LogP contribution in [-0.4, -0.2) is 60.8 Å². The molecule has 1 saturated heterocycles. The van der Waals surface area contributed by atoms with Crippen molar-refractivity contribution in [3.63, 3.8) is 0 Å². The summed E-state index contributed by atoms with van der Waals surface area (Å²) in [6.45, 7) is 3.69. The van der Waals surface area contributed by atoms with Gasteiger partial charge >= 0.3 is 0 Å². The molecule has 0 saturated carbocycles. The second kappa shape index (κ2) is 10.6. The Morgan fingerprint density at radius 2 is 1.39 bits per heavy atom. The first-order chi connectivity index (χ1) is 14.9. The van der Waals surface area contributed by atoms with E-state index in [9.17, 15) is 14.4 Å². The standard InChI is InChI=1S/C24H29N3O4/c1-18(28)25-21-8-3-20(4-9-21)17-24(30)27-15-13-26(14-16-27)23(29)12-7-19-5-10-22(31-2)11-6-19/h3-6,8-11H,7,12-17H2,1-2H3,(H,25,28). The van der Waals surface area contributed by atoms with Crippen LogP contribution < -0.4 is 10.1 Å². The Kier molecular flexibility index (Phi) is 7.65. The summed E-state index contributed by atoms with van der Waals surface area (Å²) in [7, 11) is 1.63. The minimum atomic E-state index is -0.125. The number of amides is 3. The fraction of sp³-hybridized carbons (Fsp3) is 0.375. The van der Waals surface area contributed by atoms with Crippen LogP contribution >= 0.6 is 0 Å². The van der Waals surface area contributed by atoms with E-state index in [1.807, 2.05) is 46.2 Å². The van der Waals surface area contributed by atoms with Gasteiger partial charge in [0, 0.05) is 45.2 Å². The van der Waals surface area contributed by atoms with Gasteiger partial charge in [-0.3, -0.25) is 14.4 Å². The Labute approximate surface area is 183 Å². The van der Waals surface area contributed by atoms with Crippen LogP contribution in [0.3, 0.4) is 0 Å². The first-order valence-electron chi connectivity index (χ1n) is 10.5. The van der Waals surface area contributed by atoms with Crippen molar-refractivity contribution in [1.29, 1.82) is 0 Å². The van der Waals surface area contributed by atoms with Crippen LogP contribution in [0.5, 0.6) is 5.75 Å². The third-order valence-electron chi connectivity index (χ3n) is 5.40. The van der Waals surface area contributed by atoms with Gasteiger partial charge in [-0.25, -0.2) is 0 Å². The smallest absolute Gasteiger partial charge is 0.227 e. The number of benzene rings is 2. The number of hydrogen-bond donors (Lipinski definition) is 1. The van der Waals surface area contributed by atoms with E-state index in [0.29, 0.717) is 51.1 Å². The molecule has 0 atom stereocenters. The summed E-state index contributed by atoms with van der Waals surface area (Å²) in [6, 6.07) is 15.0. The number of anilines is 1. The van der Waals surface area contributed by atoms with Crippen molar-refractivity contribution in [3.8, 4) is 5.75 Å². The number of methoxy groups -OCH3 is 1. The van der Waals surface area contributed by atoms with Crippen molar-refractivity contribution in [3.05, 3.63) is 59.7 Å². The van der Waals surface area contributed by atoms with Crippen LogP contribution in [-0.2, 0) is 27.2 Å². The molecule has 0 spiro atoms. The van der Waals surface area contributed by atoms with Crippen LogP contribution in [0.2, 0.25) is 0 Å². The summed E-state index contributed by atoms with van der Waals surface area (Å²) in [5.41, 5.74) is 2.72. The molecule has 7 nitrogen and oxygen atoms in total. The third kappa shape index (κ3) is 6.57. The lowest BCUT2D eigenvalue weighted by Gasteiger charge is -2.35. The molecular formula is C24H29N3O4. The van der Waals surface area contributed by atoms with E-state index in [-0.39, 0.29) is 17.7 Å². The van der Waals surface area contributed by atoms with Crippen LogP contribution in [0, 0.1) is 0 Å². The molecule has 0 radical (unpaired) electrons. The fourth-order valence-electron chi connectivity index (χ4n) is 3.60. The lowest BCUT2D eigenvalue weighted by molar-refractivity contribution is -0.139. The quantitative estimate of drug-likeness (QED) is 0.742. The van der Waals surface area contributed by atoms with Crippen LogP contribution in [0.15, 0.2) is 48.5 Å². The van der Waals surface area contributed by atoms with Crippen LogP contribution in [0.1, 0.15) is 24.5 Å². The zero-order chi connectivity index (χ0) is 22.2. The number of nitrogens with zero attached hydrogens (tertiary/aromatic N) is 2. The molecule has 3 rings (SSSR count). The summed E-state index contributed by atoms with van der Waals surface area (Å²) >= 11 is 0. The molecule has 1 aliphatic rings. The highest BCUT2D eigenvalue weighted by atomic mass is 16.5. The van der Waals surface area contributed by atoms with E-state index in [1.165, 1.54) is 6.92 Å². The Bertz CT molecular complexity index is 901. The minimum Gasteiger partial charge on any atom is -0.497 e. The Morgan fingerprint density at radius 3 is 1.94 bits per heavy atom. The van der Waals surface area contributed by atoms with Gasteiger partial charge in [0.1, 0.15) is 5.75 Å². The summed E-state index contributed by atoms with van der Waals surface area (Å²) < 4.78 is 5.15. The molecule has 0 aromatic heterocycles. The molecule has 7 heteroatoms. The number of rotatable bonds is 7. The highest BCUT2D eigenvalue weighted by molar-refractivity contribution is 5.88. The summed E-state index contributed by atoms with van der Waals surface area (Å²) in [6.07, 6.45) is 1.46. The van der Waals surface area contributed by atoms with Crippen molar-refractivity contribution in [2.24, 2.45) is 0 Å². The molecule has 1 N–H and O–H groups in total. The number of hydrogen-bond acceptors (Lipinski definition) is 4. The Hall–Kier alpha value is -3.35. The number of aryl methyl sites for hydroxylation is 1. The molecule has 0 aliphatic carbocycles. The number of carbonyl (C=O) groups is 3. The van der Waals surface area contributed by atoms with Gasteiger partial charge in [-0.2, -0.15) is 0 Å². The first-order valence-corrected chi connectivity index (χ1v) is 10.5. The second-order valence-corrected chi connectivity index (χ2v) is 7.66. The van der Waals surface area contributed by atoms with Gasteiger partial charge in [0.25, 0.3) is 0 Å². The van der Waals surface area contributed by atoms with Crippen molar-refractivity contribution in [2.45, 2.75) is 26.2 Å². The van der Waals surface area contributed by atoms with Gasteiger partial charge in [0.15, 0.2) is 0 Å². The maximum atomic E-state index is 12.6. The van der Waals surface area contributed by atoms with Crippen molar-refractivity contribution in [2.75, 3.05) is 38.6 Å². The predicted molar refractivity (Wildman–Crippen MR) is 119 cm³/mol. The van der Waals surface area contributed by atoms with E-state index in [0.717, 1.165) is 16.9 Å². The summed E-state index contributed by atoms with van der Waals surface area (Å²) in [5, 5.41) is 2.71. The van der Waals surface area contributed by atoms with E-state index < -0.39 is 0 Å². The zero-order valence-electron chi connectivity index (χ0n) is 18.1. The number of ether oxygens (including phenoxy) is 1. The Morgan fingerprint density at radius 1 is 0.839 bits per heavy atom. The van der Waals surface area contributed by atoms with E-state index in [1.54, 1.807) is 19.2 Å². The topological polar surface area (TPSA) is 79.0 Å². The van der Waals surface area contributed by atoms with Gasteiger partial charge in [-0.15, -0.1) is 0 Å². The van der Waals surface area contributed by atoms with Gasteiger partial charge < -0.3 is 19.9 Å². The molecule has 1 fully saturated rings. The molecule has 1 heterocycles. The average Bonchev–Trinajstić information content (AvgIpc) is 2.79. The van der Waals surface area contributed by atoms with E-state index in [4.69, 9.17) is 4.74 Å². The molecule has 1 aliphatic heterocycles. The van der Waals surface area contributed by atoms with Gasteiger partial charge in [-0.1, -0.05) is 24.3 Å². The highest BCUT2D eigenvalue weighted by Gasteiger charge is 2.24. The molecule has 2 aromatic rings. The fourth-order valence-corrected chi connectivity index (χ4v) is 3.60. The average molecular weight is 424 g/mol. The minimum absolute atomic E-state index is 0.0533. The van der Waals surface area contributed by atoms with Gasteiger partial charge in [0.2, 0.25) is 17.7 Å². The van der Waals surface area contributed by atoms with E-state index in [2.05, 4.69) is 5.32 Å². The lowest BCUT2D eigenvalue weighted by atomic mass is 10.1. The summed E-state index contributed by atoms with van der Waals surface area (Å²) in [4.78, 5) is 39.9. The largest absolute Gasteiger partial charge is 0.497 e. The molecule has 2 aromatic carbocycles. The van der Waals surface area contributed by atoms with Gasteiger partial charge in [-0.05, 0) is 41.8 Å². The van der Waals surface area contributed by atoms with E-state index >= 15 is 0 Å². The second-order valence-electron chi connectivity index (χ2n) is 7.66. The molecular weight excluding hydrogens is 394 g/mol. The first kappa shape index (κ1) is 22.3. The van der Waals surface area contributed by atoms with Crippen LogP contribution in [0.25, 0.3) is 0 Å². The predicted octanol–water partition coefficient (Wildman–Crippen LogP) is 2.50. The molecule has 164 valence electrons. The molecule has 0 bridgehead atoms. The molecule has 31 heavy (non-hydrogen) atoms. The zero-order valence-corrected chi connectivity index (χ0v) is 18.1. The van der Waals surface area contributed by atoms with Crippen molar-refractivity contribution in [1.82, 2.24) is 9.80 Å². The van der Waals surface area contributed by atoms with Crippen molar-refractivity contribution < 1.29 is 19.1 Å². The normalized spacial score (nSPS) is 13.6. The Balaban J connectivity index is 1.42. The lowest BCUT2D eigenvalue weighted by Crippen LogP contribution is -2.51. The SMILES string of the molecule is COc1ccc(CCC(=O)N2CCN(C(=O)Cc3ccc(NC(C)=O)cc3)CC2)cc1. The number of piperazine rings is 1. The third-order valence-corrected chi connectivity index (χ3v) is 5.40. The molecule has 0 unspecified atom stereocenters.